The van der Waals surface area contributed by atoms with Crippen molar-refractivity contribution in [2.45, 2.75) is 70.8 Å². The molecule has 0 aromatic carbocycles. The van der Waals surface area contributed by atoms with Crippen LogP contribution in [0.1, 0.15) is 52.9 Å². The lowest BCUT2D eigenvalue weighted by molar-refractivity contribution is -0.305. The third-order valence-electron chi connectivity index (χ3n) is 3.81. The molecule has 0 aromatic rings. The van der Waals surface area contributed by atoms with E-state index in [1.54, 1.807) is 0 Å². The molecule has 0 aliphatic carbocycles. The van der Waals surface area contributed by atoms with Crippen molar-refractivity contribution >= 4 is 6.09 Å². The largest absolute Gasteiger partial charge is 0.449 e. The number of nitrogens with one attached hydrogen (secondary N) is 1. The second kappa shape index (κ2) is 8.63. The first-order valence-corrected chi connectivity index (χ1v) is 7.53. The zero-order valence-electron chi connectivity index (χ0n) is 13.4. The standard InChI is InChI=1S/C14H23F6NO2/c1-4-7-8-10(5-2)9-23-11(22)21-12(6-3,13(15,16)17)14(18,19)20/h10H,4-9H2,1-3H3,(H,21,22)/t10-/m1/s1. The molecule has 0 aromatic heterocycles. The average molecular weight is 351 g/mol. The van der Waals surface area contributed by atoms with Crippen molar-refractivity contribution < 1.29 is 35.9 Å². The van der Waals surface area contributed by atoms with Crippen LogP contribution in [-0.4, -0.2) is 30.6 Å². The number of alkyl carbamates (subject to hydrolysis) is 1. The lowest BCUT2D eigenvalue weighted by Gasteiger charge is -2.36. The number of rotatable bonds is 8. The smallest absolute Gasteiger partial charge is 0.420 e. The van der Waals surface area contributed by atoms with E-state index >= 15 is 0 Å². The van der Waals surface area contributed by atoms with Gasteiger partial charge in [-0.25, -0.2) is 4.79 Å². The highest BCUT2D eigenvalue weighted by Gasteiger charge is 2.70. The van der Waals surface area contributed by atoms with Gasteiger partial charge in [-0.2, -0.15) is 26.3 Å². The molecule has 1 N–H and O–H groups in total. The first kappa shape index (κ1) is 21.9. The molecular weight excluding hydrogens is 328 g/mol. The summed E-state index contributed by atoms with van der Waals surface area (Å²) in [5.41, 5.74) is -4.30. The molecule has 0 saturated heterocycles. The summed E-state index contributed by atoms with van der Waals surface area (Å²) >= 11 is 0. The number of hydrogen-bond acceptors (Lipinski definition) is 2. The Bertz CT molecular complexity index is 353. The van der Waals surface area contributed by atoms with Crippen LogP contribution in [-0.2, 0) is 4.74 Å². The Morgan fingerprint density at radius 3 is 1.91 bits per heavy atom. The number of carbonyl (C=O) groups is 1. The van der Waals surface area contributed by atoms with Crippen molar-refractivity contribution in [3.63, 3.8) is 0 Å². The maximum absolute atomic E-state index is 12.9. The summed E-state index contributed by atoms with van der Waals surface area (Å²) in [5, 5.41) is 0.984. The highest BCUT2D eigenvalue weighted by molar-refractivity contribution is 5.68. The summed E-state index contributed by atoms with van der Waals surface area (Å²) < 4.78 is 81.8. The van der Waals surface area contributed by atoms with Crippen LogP contribution >= 0.6 is 0 Å². The van der Waals surface area contributed by atoms with Crippen LogP contribution in [0.25, 0.3) is 0 Å². The molecule has 0 spiro atoms. The minimum absolute atomic E-state index is 0.0894. The van der Waals surface area contributed by atoms with Crippen LogP contribution in [0.4, 0.5) is 31.1 Å². The fraction of sp³-hybridized carbons (Fsp3) is 0.929. The third kappa shape index (κ3) is 5.76. The lowest BCUT2D eigenvalue weighted by atomic mass is 9.94. The van der Waals surface area contributed by atoms with Crippen LogP contribution in [0.5, 0.6) is 0 Å². The van der Waals surface area contributed by atoms with Gasteiger partial charge in [0.2, 0.25) is 5.54 Å². The zero-order chi connectivity index (χ0) is 18.3. The maximum Gasteiger partial charge on any atom is 0.420 e. The summed E-state index contributed by atoms with van der Waals surface area (Å²) in [4.78, 5) is 11.5. The number of alkyl halides is 6. The Kier molecular flexibility index (Phi) is 8.20. The van der Waals surface area contributed by atoms with E-state index in [0.29, 0.717) is 19.8 Å². The van der Waals surface area contributed by atoms with E-state index in [1.165, 1.54) is 0 Å². The molecule has 9 heteroatoms. The van der Waals surface area contributed by atoms with E-state index in [0.717, 1.165) is 18.2 Å². The number of halogens is 6. The molecule has 138 valence electrons. The molecule has 0 radical (unpaired) electrons. The van der Waals surface area contributed by atoms with E-state index in [4.69, 9.17) is 0 Å². The van der Waals surface area contributed by atoms with Gasteiger partial charge in [0, 0.05) is 0 Å². The van der Waals surface area contributed by atoms with Gasteiger partial charge in [-0.3, -0.25) is 5.32 Å². The van der Waals surface area contributed by atoms with E-state index in [9.17, 15) is 31.1 Å². The van der Waals surface area contributed by atoms with Gasteiger partial charge < -0.3 is 4.74 Å². The van der Waals surface area contributed by atoms with Crippen molar-refractivity contribution in [1.29, 1.82) is 0 Å². The molecule has 0 saturated carbocycles. The van der Waals surface area contributed by atoms with Crippen LogP contribution < -0.4 is 5.32 Å². The van der Waals surface area contributed by atoms with Crippen LogP contribution in [0.15, 0.2) is 0 Å². The predicted molar refractivity (Wildman–Crippen MR) is 72.9 cm³/mol. The van der Waals surface area contributed by atoms with E-state index in [-0.39, 0.29) is 12.5 Å². The molecule has 0 rings (SSSR count). The first-order chi connectivity index (χ1) is 10.4. The molecule has 0 unspecified atom stereocenters. The Morgan fingerprint density at radius 1 is 1.04 bits per heavy atom. The van der Waals surface area contributed by atoms with Gasteiger partial charge in [0.1, 0.15) is 0 Å². The topological polar surface area (TPSA) is 38.3 Å². The number of unbranched alkanes of at least 4 members (excludes halogenated alkanes) is 1. The maximum atomic E-state index is 12.9. The van der Waals surface area contributed by atoms with E-state index in [1.807, 2.05) is 13.8 Å². The highest BCUT2D eigenvalue weighted by Crippen LogP contribution is 2.45. The van der Waals surface area contributed by atoms with Crippen LogP contribution in [0.2, 0.25) is 0 Å². The molecule has 0 heterocycles. The number of ether oxygens (including phenoxy) is 1. The summed E-state index contributed by atoms with van der Waals surface area (Å²) in [6.45, 7) is 4.25. The van der Waals surface area contributed by atoms with Crippen LogP contribution in [0.3, 0.4) is 0 Å². The Balaban J connectivity index is 4.93. The SMILES string of the molecule is CCCC[C@@H](CC)COC(=O)NC(CC)(C(F)(F)F)C(F)(F)F. The van der Waals surface area contributed by atoms with Crippen molar-refractivity contribution in [3.8, 4) is 0 Å². The zero-order valence-corrected chi connectivity index (χ0v) is 13.4. The van der Waals surface area contributed by atoms with Crippen molar-refractivity contribution in [2.24, 2.45) is 5.92 Å². The highest BCUT2D eigenvalue weighted by atomic mass is 19.4. The minimum Gasteiger partial charge on any atom is -0.449 e. The molecule has 0 bridgehead atoms. The summed E-state index contributed by atoms with van der Waals surface area (Å²) in [7, 11) is 0. The summed E-state index contributed by atoms with van der Waals surface area (Å²) in [5.74, 6) is -0.0894. The van der Waals surface area contributed by atoms with E-state index < -0.39 is 30.4 Å². The van der Waals surface area contributed by atoms with Gasteiger partial charge in [-0.15, -0.1) is 0 Å². The second-order valence-electron chi connectivity index (χ2n) is 5.39. The first-order valence-electron chi connectivity index (χ1n) is 7.53. The summed E-state index contributed by atoms with van der Waals surface area (Å²) in [6, 6.07) is 0. The fourth-order valence-electron chi connectivity index (χ4n) is 2.09. The van der Waals surface area contributed by atoms with Gasteiger partial charge >= 0.3 is 18.4 Å². The normalized spacial score (nSPS) is 14.5. The van der Waals surface area contributed by atoms with Crippen molar-refractivity contribution in [2.75, 3.05) is 6.61 Å². The Labute approximate surface area is 131 Å². The Hall–Kier alpha value is -1.15. The predicted octanol–water partition coefficient (Wildman–Crippen LogP) is 5.20. The third-order valence-corrected chi connectivity index (χ3v) is 3.81. The molecule has 23 heavy (non-hydrogen) atoms. The quantitative estimate of drug-likeness (QED) is 0.610. The van der Waals surface area contributed by atoms with Gasteiger partial charge in [-0.1, -0.05) is 40.0 Å². The Morgan fingerprint density at radius 2 is 1.57 bits per heavy atom. The van der Waals surface area contributed by atoms with Crippen molar-refractivity contribution in [1.82, 2.24) is 5.32 Å². The van der Waals surface area contributed by atoms with Crippen molar-refractivity contribution in [3.05, 3.63) is 0 Å². The average Bonchev–Trinajstić information content (AvgIpc) is 2.42. The minimum atomic E-state index is -5.68. The molecule has 1 amide bonds. The van der Waals surface area contributed by atoms with Gasteiger partial charge in [0.15, 0.2) is 0 Å². The number of hydrogen-bond donors (Lipinski definition) is 1. The fourth-order valence-corrected chi connectivity index (χ4v) is 2.09. The molecule has 0 fully saturated rings. The monoisotopic (exact) mass is 351 g/mol. The molecule has 3 nitrogen and oxygen atoms in total. The van der Waals surface area contributed by atoms with E-state index in [2.05, 4.69) is 4.74 Å². The van der Waals surface area contributed by atoms with Crippen LogP contribution in [0, 0.1) is 5.92 Å². The van der Waals surface area contributed by atoms with Gasteiger partial charge in [0.05, 0.1) is 6.61 Å². The second-order valence-corrected chi connectivity index (χ2v) is 5.39. The molecular formula is C14H23F6NO2. The molecule has 1 atom stereocenters. The summed E-state index contributed by atoms with van der Waals surface area (Å²) in [6.07, 6.45) is -11.4. The lowest BCUT2D eigenvalue weighted by Crippen LogP contribution is -2.67. The number of amides is 1. The van der Waals surface area contributed by atoms with Gasteiger partial charge in [-0.05, 0) is 18.8 Å². The number of carbonyl (C=O) groups excluding carboxylic acids is 1. The molecule has 0 aliphatic heterocycles. The molecule has 0 aliphatic rings. The van der Waals surface area contributed by atoms with Gasteiger partial charge in [0.25, 0.3) is 0 Å².